The van der Waals surface area contributed by atoms with Gasteiger partial charge in [-0.3, -0.25) is 0 Å². The zero-order chi connectivity index (χ0) is 30.2. The van der Waals surface area contributed by atoms with Crippen molar-refractivity contribution in [2.75, 3.05) is 12.3 Å². The molecule has 0 aliphatic rings. The number of benzene rings is 3. The molecule has 2 aromatic heterocycles. The summed E-state index contributed by atoms with van der Waals surface area (Å²) >= 11 is 0. The van der Waals surface area contributed by atoms with E-state index in [-0.39, 0.29) is 18.0 Å². The van der Waals surface area contributed by atoms with E-state index in [9.17, 15) is 34.8 Å². The number of nitrogens with two attached hydrogens (primary N) is 1. The molecule has 5 rings (SSSR count). The number of para-hydroxylation sites is 1. The Bertz CT molecular complexity index is 1890. The van der Waals surface area contributed by atoms with E-state index in [0.717, 1.165) is 6.33 Å². The van der Waals surface area contributed by atoms with E-state index in [1.165, 1.54) is 4.68 Å². The van der Waals surface area contributed by atoms with Gasteiger partial charge in [0.2, 0.25) is 10.0 Å². The molecule has 0 saturated heterocycles. The highest BCUT2D eigenvalue weighted by Crippen LogP contribution is 2.35. The van der Waals surface area contributed by atoms with Crippen LogP contribution in [0.3, 0.4) is 0 Å². The number of sulfonamides is 1. The van der Waals surface area contributed by atoms with E-state index in [0.29, 0.717) is 28.1 Å². The fourth-order valence-electron chi connectivity index (χ4n) is 4.14. The first-order valence-corrected chi connectivity index (χ1v) is 13.4. The third kappa shape index (κ3) is 5.33. The number of alkyl halides is 2. The molecule has 0 atom stereocenters. The van der Waals surface area contributed by atoms with Crippen molar-refractivity contribution in [3.05, 3.63) is 89.8 Å². The van der Waals surface area contributed by atoms with Gasteiger partial charge in [-0.05, 0) is 36.4 Å². The number of rotatable bonds is 9. The van der Waals surface area contributed by atoms with Crippen molar-refractivity contribution in [2.45, 2.75) is 17.9 Å². The van der Waals surface area contributed by atoms with Crippen molar-refractivity contribution < 1.29 is 39.5 Å². The molecule has 42 heavy (non-hydrogen) atoms. The first kappa shape index (κ1) is 28.8. The number of aromatic nitrogens is 4. The molecule has 5 aromatic rings. The van der Waals surface area contributed by atoms with Crippen LogP contribution in [0.5, 0.6) is 11.5 Å². The number of halogens is 6. The number of nitrogens with zero attached hydrogens (tertiary/aromatic N) is 4. The lowest BCUT2D eigenvalue weighted by molar-refractivity contribution is 0.139. The van der Waals surface area contributed by atoms with Crippen molar-refractivity contribution in [1.82, 2.24) is 24.5 Å². The Morgan fingerprint density at radius 1 is 0.881 bits per heavy atom. The molecule has 0 saturated carbocycles. The van der Waals surface area contributed by atoms with Crippen LogP contribution in [-0.4, -0.2) is 34.7 Å². The van der Waals surface area contributed by atoms with Crippen LogP contribution in [0.15, 0.2) is 65.8 Å². The molecule has 3 aromatic carbocycles. The monoisotopic (exact) mass is 608 g/mol. The Labute approximate surface area is 233 Å². The summed E-state index contributed by atoms with van der Waals surface area (Å²) in [6.07, 6.45) is -2.84. The van der Waals surface area contributed by atoms with Crippen LogP contribution in [-0.2, 0) is 16.6 Å². The standard InChI is InChI=1S/C26H18F6N6O3S/c27-18-16(24(31)32)23(21(30)20(29)19(18)28)42(39,40)36-10-11-38-26-17(25(33)34-12-35-26)22(37-38)13-6-8-15(9-7-13)41-14-4-2-1-3-5-14/h1-9,12,24,36H,10-11H2,(H2,33,34,35). The average Bonchev–Trinajstić information content (AvgIpc) is 3.34. The van der Waals surface area contributed by atoms with Gasteiger partial charge in [0.25, 0.3) is 6.43 Å². The van der Waals surface area contributed by atoms with Crippen LogP contribution >= 0.6 is 0 Å². The van der Waals surface area contributed by atoms with Crippen molar-refractivity contribution in [3.8, 4) is 22.8 Å². The number of hydrogen-bond acceptors (Lipinski definition) is 7. The molecule has 3 N–H and O–H groups in total. The molecule has 2 heterocycles. The zero-order valence-corrected chi connectivity index (χ0v) is 21.8. The largest absolute Gasteiger partial charge is 0.457 e. The SMILES string of the molecule is Nc1ncnc2c1c(-c1ccc(Oc3ccccc3)cc1)nn2CCNS(=O)(=O)c1c(F)c(F)c(F)c(F)c1C(F)F. The fraction of sp³-hybridized carbons (Fsp3) is 0.115. The van der Waals surface area contributed by atoms with E-state index in [2.05, 4.69) is 15.1 Å². The van der Waals surface area contributed by atoms with Crippen molar-refractivity contribution in [2.24, 2.45) is 0 Å². The van der Waals surface area contributed by atoms with Crippen molar-refractivity contribution >= 4 is 26.9 Å². The summed E-state index contributed by atoms with van der Waals surface area (Å²) in [5.41, 5.74) is 4.96. The summed E-state index contributed by atoms with van der Waals surface area (Å²) < 4.78 is 116. The van der Waals surface area contributed by atoms with Crippen LogP contribution in [0.25, 0.3) is 22.3 Å². The lowest BCUT2D eigenvalue weighted by Gasteiger charge is -2.14. The van der Waals surface area contributed by atoms with Crippen LogP contribution in [0.2, 0.25) is 0 Å². The molecule has 0 spiro atoms. The lowest BCUT2D eigenvalue weighted by atomic mass is 10.1. The molecule has 0 amide bonds. The Kier molecular flexibility index (Phi) is 7.74. The predicted octanol–water partition coefficient (Wildman–Crippen LogP) is 5.34. The molecule has 0 bridgehead atoms. The molecule has 0 fully saturated rings. The Morgan fingerprint density at radius 3 is 2.19 bits per heavy atom. The van der Waals surface area contributed by atoms with E-state index >= 15 is 0 Å². The predicted molar refractivity (Wildman–Crippen MR) is 138 cm³/mol. The summed E-state index contributed by atoms with van der Waals surface area (Å²) in [4.78, 5) is 6.05. The van der Waals surface area contributed by atoms with Crippen LogP contribution in [0.4, 0.5) is 32.2 Å². The Balaban J connectivity index is 1.42. The van der Waals surface area contributed by atoms with Gasteiger partial charge in [0, 0.05) is 12.1 Å². The minimum Gasteiger partial charge on any atom is -0.457 e. The number of ether oxygens (including phenoxy) is 1. The van der Waals surface area contributed by atoms with E-state index < -0.39 is 56.7 Å². The summed E-state index contributed by atoms with van der Waals surface area (Å²) in [6, 6.07) is 15.8. The molecular weight excluding hydrogens is 590 g/mol. The maximum Gasteiger partial charge on any atom is 0.268 e. The number of nitrogens with one attached hydrogen (secondary N) is 1. The molecule has 0 radical (unpaired) electrons. The minimum atomic E-state index is -5.30. The Morgan fingerprint density at radius 2 is 1.52 bits per heavy atom. The zero-order valence-electron chi connectivity index (χ0n) is 21.0. The quantitative estimate of drug-likeness (QED) is 0.132. The van der Waals surface area contributed by atoms with Gasteiger partial charge >= 0.3 is 0 Å². The van der Waals surface area contributed by atoms with Gasteiger partial charge in [-0.15, -0.1) is 0 Å². The minimum absolute atomic E-state index is 0.0485. The first-order valence-electron chi connectivity index (χ1n) is 11.9. The lowest BCUT2D eigenvalue weighted by Crippen LogP contribution is -2.30. The second-order valence-corrected chi connectivity index (χ2v) is 10.4. The summed E-state index contributed by atoms with van der Waals surface area (Å²) in [5.74, 6) is -8.92. The Hall–Kier alpha value is -4.70. The van der Waals surface area contributed by atoms with E-state index in [4.69, 9.17) is 10.5 Å². The number of fused-ring (bicyclic) bond motifs is 1. The third-order valence-electron chi connectivity index (χ3n) is 6.03. The van der Waals surface area contributed by atoms with Crippen molar-refractivity contribution in [1.29, 1.82) is 0 Å². The number of anilines is 1. The molecule has 218 valence electrons. The van der Waals surface area contributed by atoms with Crippen molar-refractivity contribution in [3.63, 3.8) is 0 Å². The van der Waals surface area contributed by atoms with Gasteiger partial charge in [-0.2, -0.15) is 5.10 Å². The fourth-order valence-corrected chi connectivity index (χ4v) is 5.44. The number of nitrogen functional groups attached to an aromatic ring is 1. The highest BCUT2D eigenvalue weighted by atomic mass is 32.2. The van der Waals surface area contributed by atoms with E-state index in [1.807, 2.05) is 18.2 Å². The van der Waals surface area contributed by atoms with Crippen LogP contribution in [0, 0.1) is 23.3 Å². The summed E-state index contributed by atoms with van der Waals surface area (Å²) in [6.45, 7) is -0.950. The third-order valence-corrected chi connectivity index (χ3v) is 7.55. The molecule has 0 aliphatic heterocycles. The first-order chi connectivity index (χ1) is 20.0. The smallest absolute Gasteiger partial charge is 0.268 e. The van der Waals surface area contributed by atoms with Gasteiger partial charge in [0.05, 0.1) is 17.5 Å². The maximum atomic E-state index is 14.3. The normalized spacial score (nSPS) is 11.9. The highest BCUT2D eigenvalue weighted by molar-refractivity contribution is 7.89. The molecule has 16 heteroatoms. The van der Waals surface area contributed by atoms with Crippen LogP contribution in [0.1, 0.15) is 12.0 Å². The van der Waals surface area contributed by atoms with Gasteiger partial charge < -0.3 is 10.5 Å². The molecule has 9 nitrogen and oxygen atoms in total. The van der Waals surface area contributed by atoms with Crippen LogP contribution < -0.4 is 15.2 Å². The average molecular weight is 609 g/mol. The van der Waals surface area contributed by atoms with E-state index in [1.54, 1.807) is 41.1 Å². The molecule has 0 aliphatic carbocycles. The highest BCUT2D eigenvalue weighted by Gasteiger charge is 2.36. The maximum absolute atomic E-state index is 14.3. The molecular formula is C26H18F6N6O3S. The topological polar surface area (TPSA) is 125 Å². The van der Waals surface area contributed by atoms with Gasteiger partial charge in [-0.25, -0.2) is 54.1 Å². The second kappa shape index (κ2) is 11.3. The van der Waals surface area contributed by atoms with Gasteiger partial charge in [0.15, 0.2) is 28.9 Å². The second-order valence-electron chi connectivity index (χ2n) is 8.67. The van der Waals surface area contributed by atoms with Gasteiger partial charge in [0.1, 0.15) is 34.2 Å². The summed E-state index contributed by atoms with van der Waals surface area (Å²) in [5, 5.41) is 4.74. The number of hydrogen-bond donors (Lipinski definition) is 2. The molecule has 0 unspecified atom stereocenters. The summed E-state index contributed by atoms with van der Waals surface area (Å²) in [7, 11) is -5.30. The van der Waals surface area contributed by atoms with Gasteiger partial charge in [-0.1, -0.05) is 18.2 Å².